The van der Waals surface area contributed by atoms with E-state index in [2.05, 4.69) is 41.0 Å². The Hall–Kier alpha value is -1.26. The lowest BCUT2D eigenvalue weighted by Crippen LogP contribution is -2.35. The molecule has 1 saturated carbocycles. The first kappa shape index (κ1) is 16.6. The van der Waals surface area contributed by atoms with Gasteiger partial charge in [0.05, 0.1) is 11.1 Å². The minimum atomic E-state index is -3.27. The highest BCUT2D eigenvalue weighted by atomic mass is 79.9. The van der Waals surface area contributed by atoms with Crippen LogP contribution < -0.4 is 10.0 Å². The molecule has 0 amide bonds. The molecule has 1 aliphatic rings. The normalized spacial score (nSPS) is 15.7. The summed E-state index contributed by atoms with van der Waals surface area (Å²) in [4.78, 5) is 8.35. The second-order valence-electron chi connectivity index (χ2n) is 5.73. The number of sulfonamides is 1. The molecule has 0 saturated heterocycles. The van der Waals surface area contributed by atoms with Crippen LogP contribution in [-0.2, 0) is 17.1 Å². The summed E-state index contributed by atoms with van der Waals surface area (Å²) in [7, 11) is -1.48. The van der Waals surface area contributed by atoms with Gasteiger partial charge >= 0.3 is 0 Å². The van der Waals surface area contributed by atoms with Crippen LogP contribution in [0, 0.1) is 5.92 Å². The molecule has 0 radical (unpaired) electrons. The summed E-state index contributed by atoms with van der Waals surface area (Å²) in [6.07, 6.45) is 4.88. The van der Waals surface area contributed by atoms with Gasteiger partial charge in [-0.1, -0.05) is 6.42 Å². The Morgan fingerprint density at radius 3 is 2.87 bits per heavy atom. The van der Waals surface area contributed by atoms with Crippen molar-refractivity contribution in [3.05, 3.63) is 10.9 Å². The largest absolute Gasteiger partial charge is 0.368 e. The molecule has 2 aromatic rings. The van der Waals surface area contributed by atoms with E-state index in [1.807, 2.05) is 0 Å². The fourth-order valence-corrected chi connectivity index (χ4v) is 4.10. The monoisotopic (exact) mass is 402 g/mol. The predicted molar refractivity (Wildman–Crippen MR) is 91.6 cm³/mol. The Morgan fingerprint density at radius 1 is 1.39 bits per heavy atom. The molecule has 0 bridgehead atoms. The van der Waals surface area contributed by atoms with E-state index in [1.54, 1.807) is 11.7 Å². The fraction of sp³-hybridized carbons (Fsp3) is 0.615. The molecule has 1 aliphatic carbocycles. The molecule has 126 valence electrons. The van der Waals surface area contributed by atoms with Gasteiger partial charge in [0.2, 0.25) is 10.0 Å². The zero-order valence-electron chi connectivity index (χ0n) is 12.8. The van der Waals surface area contributed by atoms with Crippen molar-refractivity contribution < 1.29 is 8.42 Å². The number of halogens is 1. The molecular weight excluding hydrogens is 384 g/mol. The van der Waals surface area contributed by atoms with E-state index in [9.17, 15) is 8.42 Å². The second kappa shape index (κ2) is 6.70. The Labute approximate surface area is 143 Å². The molecule has 23 heavy (non-hydrogen) atoms. The number of anilines is 1. The van der Waals surface area contributed by atoms with Gasteiger partial charge in [-0.2, -0.15) is 5.10 Å². The van der Waals surface area contributed by atoms with Crippen LogP contribution in [0.2, 0.25) is 0 Å². The minimum absolute atomic E-state index is 0.00307. The van der Waals surface area contributed by atoms with Crippen LogP contribution in [0.5, 0.6) is 0 Å². The standard InChI is InChI=1S/C13H19BrN6O2S/c1-20-13-10(11(14)19-20)12(16-8-17-13)15-5-6-23(21,22)18-7-9-3-2-4-9/h8-9,18H,2-7H2,1H3,(H,15,16,17). The molecule has 0 spiro atoms. The summed E-state index contributed by atoms with van der Waals surface area (Å²) in [5.41, 5.74) is 0.681. The molecule has 0 aromatic carbocycles. The summed E-state index contributed by atoms with van der Waals surface area (Å²) in [6, 6.07) is 0. The van der Waals surface area contributed by atoms with Gasteiger partial charge in [0.1, 0.15) is 16.7 Å². The lowest BCUT2D eigenvalue weighted by molar-refractivity contribution is 0.316. The SMILES string of the molecule is Cn1nc(Br)c2c(NCCS(=O)(=O)NCC3CCC3)ncnc21. The van der Waals surface area contributed by atoms with Crippen LogP contribution in [0.4, 0.5) is 5.82 Å². The van der Waals surface area contributed by atoms with E-state index in [-0.39, 0.29) is 12.3 Å². The first-order valence-corrected chi connectivity index (χ1v) is 9.95. The van der Waals surface area contributed by atoms with Gasteiger partial charge in [-0.25, -0.2) is 27.8 Å². The molecule has 3 rings (SSSR count). The Balaban J connectivity index is 1.60. The third-order valence-corrected chi connectivity index (χ3v) is 5.96. The van der Waals surface area contributed by atoms with Gasteiger partial charge in [0.15, 0.2) is 5.65 Å². The quantitative estimate of drug-likeness (QED) is 0.722. The molecule has 8 nitrogen and oxygen atoms in total. The van der Waals surface area contributed by atoms with E-state index in [0.29, 0.717) is 28.5 Å². The van der Waals surface area contributed by atoms with E-state index in [0.717, 1.165) is 18.2 Å². The number of aryl methyl sites for hydroxylation is 1. The van der Waals surface area contributed by atoms with E-state index < -0.39 is 10.0 Å². The van der Waals surface area contributed by atoms with E-state index >= 15 is 0 Å². The highest BCUT2D eigenvalue weighted by Gasteiger charge is 2.20. The van der Waals surface area contributed by atoms with Crippen molar-refractivity contribution in [1.82, 2.24) is 24.5 Å². The first-order valence-electron chi connectivity index (χ1n) is 7.51. The van der Waals surface area contributed by atoms with E-state index in [4.69, 9.17) is 0 Å². The van der Waals surface area contributed by atoms with Crippen molar-refractivity contribution >= 4 is 42.8 Å². The topological polar surface area (TPSA) is 102 Å². The first-order chi connectivity index (χ1) is 11.0. The van der Waals surface area contributed by atoms with Crippen LogP contribution in [0.15, 0.2) is 10.9 Å². The highest BCUT2D eigenvalue weighted by Crippen LogP contribution is 2.27. The van der Waals surface area contributed by atoms with Gasteiger partial charge in [0.25, 0.3) is 0 Å². The van der Waals surface area contributed by atoms with Crippen molar-refractivity contribution in [2.24, 2.45) is 13.0 Å². The number of hydrogen-bond donors (Lipinski definition) is 2. The number of nitrogens with one attached hydrogen (secondary N) is 2. The molecule has 0 unspecified atom stereocenters. The van der Waals surface area contributed by atoms with E-state index in [1.165, 1.54) is 12.7 Å². The maximum atomic E-state index is 12.0. The number of nitrogens with zero attached hydrogens (tertiary/aromatic N) is 4. The average Bonchev–Trinajstić information content (AvgIpc) is 2.73. The number of fused-ring (bicyclic) bond motifs is 1. The van der Waals surface area contributed by atoms with Gasteiger partial charge in [-0.15, -0.1) is 0 Å². The molecular formula is C13H19BrN6O2S. The molecule has 10 heteroatoms. The Kier molecular flexibility index (Phi) is 4.83. The smallest absolute Gasteiger partial charge is 0.213 e. The Morgan fingerprint density at radius 2 is 2.17 bits per heavy atom. The molecule has 2 heterocycles. The minimum Gasteiger partial charge on any atom is -0.368 e. The molecule has 0 atom stereocenters. The second-order valence-corrected chi connectivity index (χ2v) is 8.40. The molecule has 2 N–H and O–H groups in total. The average molecular weight is 403 g/mol. The van der Waals surface area contributed by atoms with Crippen molar-refractivity contribution in [1.29, 1.82) is 0 Å². The predicted octanol–water partition coefficient (Wildman–Crippen LogP) is 1.26. The van der Waals surface area contributed by atoms with Crippen molar-refractivity contribution in [3.63, 3.8) is 0 Å². The lowest BCUT2D eigenvalue weighted by Gasteiger charge is -2.25. The van der Waals surface area contributed by atoms with Gasteiger partial charge < -0.3 is 5.32 Å². The highest BCUT2D eigenvalue weighted by molar-refractivity contribution is 9.10. The van der Waals surface area contributed by atoms with Crippen LogP contribution in [-0.4, -0.2) is 47.0 Å². The van der Waals surface area contributed by atoms with Crippen LogP contribution in [0.25, 0.3) is 11.0 Å². The molecule has 2 aromatic heterocycles. The lowest BCUT2D eigenvalue weighted by atomic mass is 9.86. The zero-order chi connectivity index (χ0) is 16.4. The summed E-state index contributed by atoms with van der Waals surface area (Å²) in [5, 5.41) is 8.04. The van der Waals surface area contributed by atoms with Gasteiger partial charge in [0, 0.05) is 20.1 Å². The maximum Gasteiger partial charge on any atom is 0.213 e. The number of hydrogen-bond acceptors (Lipinski definition) is 6. The summed E-state index contributed by atoms with van der Waals surface area (Å²) in [6.45, 7) is 0.821. The van der Waals surface area contributed by atoms with Crippen molar-refractivity contribution in [3.8, 4) is 0 Å². The van der Waals surface area contributed by atoms with Crippen LogP contribution >= 0.6 is 15.9 Å². The van der Waals surface area contributed by atoms with Crippen molar-refractivity contribution in [2.45, 2.75) is 19.3 Å². The summed E-state index contributed by atoms with van der Waals surface area (Å²) >= 11 is 3.37. The van der Waals surface area contributed by atoms with Gasteiger partial charge in [-0.05, 0) is 34.7 Å². The third kappa shape index (κ3) is 3.81. The Bertz CT molecular complexity index is 802. The number of aromatic nitrogens is 4. The maximum absolute atomic E-state index is 12.0. The molecule has 1 fully saturated rings. The van der Waals surface area contributed by atoms with Crippen molar-refractivity contribution in [2.75, 3.05) is 24.2 Å². The zero-order valence-corrected chi connectivity index (χ0v) is 15.2. The van der Waals surface area contributed by atoms with Crippen LogP contribution in [0.1, 0.15) is 19.3 Å². The van der Waals surface area contributed by atoms with Gasteiger partial charge in [-0.3, -0.25) is 0 Å². The van der Waals surface area contributed by atoms with Crippen LogP contribution in [0.3, 0.4) is 0 Å². The molecule has 0 aliphatic heterocycles. The summed E-state index contributed by atoms with van der Waals surface area (Å²) < 4.78 is 28.9. The number of rotatable bonds is 7. The third-order valence-electron chi connectivity index (χ3n) is 4.06. The fourth-order valence-electron chi connectivity index (χ4n) is 2.49. The summed E-state index contributed by atoms with van der Waals surface area (Å²) in [5.74, 6) is 1.08.